The molecule has 98 valence electrons. The molecule has 4 nitrogen and oxygen atoms in total. The third-order valence-corrected chi connectivity index (χ3v) is 2.74. The number of ether oxygens (including phenoxy) is 2. The summed E-state index contributed by atoms with van der Waals surface area (Å²) in [6, 6.07) is 8.92. The molecular formula is C15H15NO3. The molecular weight excluding hydrogens is 242 g/mol. The Labute approximate surface area is 112 Å². The maximum atomic E-state index is 12.0. The van der Waals surface area contributed by atoms with Crippen LogP contribution >= 0.6 is 0 Å². The van der Waals surface area contributed by atoms with E-state index in [0.717, 1.165) is 11.3 Å². The maximum absolute atomic E-state index is 12.0. The molecule has 0 radical (unpaired) electrons. The molecule has 1 aromatic heterocycles. The number of nitrogens with zero attached hydrogens (tertiary/aromatic N) is 1. The van der Waals surface area contributed by atoms with Crippen LogP contribution in [0.5, 0.6) is 11.5 Å². The van der Waals surface area contributed by atoms with Gasteiger partial charge in [-0.25, -0.2) is 4.79 Å². The molecule has 0 fully saturated rings. The third-order valence-electron chi connectivity index (χ3n) is 2.74. The number of aryl methyl sites for hydroxylation is 2. The summed E-state index contributed by atoms with van der Waals surface area (Å²) in [5.41, 5.74) is 2.11. The highest BCUT2D eigenvalue weighted by atomic mass is 16.6. The van der Waals surface area contributed by atoms with E-state index in [9.17, 15) is 4.79 Å². The fourth-order valence-electron chi connectivity index (χ4n) is 1.66. The molecule has 1 heterocycles. The number of methoxy groups -OCH3 is 1. The summed E-state index contributed by atoms with van der Waals surface area (Å²) in [5.74, 6) is 0.532. The van der Waals surface area contributed by atoms with Crippen molar-refractivity contribution in [1.82, 2.24) is 4.98 Å². The van der Waals surface area contributed by atoms with E-state index in [1.165, 1.54) is 6.20 Å². The van der Waals surface area contributed by atoms with Crippen molar-refractivity contribution in [3.8, 4) is 11.5 Å². The van der Waals surface area contributed by atoms with Crippen LogP contribution in [0.2, 0.25) is 0 Å². The molecule has 2 rings (SSSR count). The Morgan fingerprint density at radius 3 is 2.58 bits per heavy atom. The topological polar surface area (TPSA) is 48.4 Å². The van der Waals surface area contributed by atoms with E-state index >= 15 is 0 Å². The second-order valence-corrected chi connectivity index (χ2v) is 4.18. The number of carbonyl (C=O) groups is 1. The highest BCUT2D eigenvalue weighted by molar-refractivity contribution is 5.91. The molecule has 0 amide bonds. The van der Waals surface area contributed by atoms with E-state index < -0.39 is 5.97 Å². The minimum atomic E-state index is -0.444. The standard InChI is InChI=1S/C15H15NO3/c1-10-5-4-6-13(18-3)14(10)19-15(17)12-8-7-11(2)16-9-12/h4-9H,1-3H3. The Balaban J connectivity index is 2.26. The minimum Gasteiger partial charge on any atom is -0.493 e. The Morgan fingerprint density at radius 2 is 1.95 bits per heavy atom. The lowest BCUT2D eigenvalue weighted by molar-refractivity contribution is 0.0728. The number of carbonyl (C=O) groups excluding carboxylic acids is 1. The van der Waals surface area contributed by atoms with Gasteiger partial charge in [0.05, 0.1) is 12.7 Å². The fraction of sp³-hybridized carbons (Fsp3) is 0.200. The molecule has 1 aromatic carbocycles. The van der Waals surface area contributed by atoms with Crippen LogP contribution in [0.25, 0.3) is 0 Å². The molecule has 0 aliphatic heterocycles. The smallest absolute Gasteiger partial charge is 0.345 e. The van der Waals surface area contributed by atoms with E-state index in [2.05, 4.69) is 4.98 Å². The van der Waals surface area contributed by atoms with Crippen molar-refractivity contribution in [3.63, 3.8) is 0 Å². The SMILES string of the molecule is COc1cccc(C)c1OC(=O)c1ccc(C)nc1. The van der Waals surface area contributed by atoms with Crippen molar-refractivity contribution < 1.29 is 14.3 Å². The average Bonchev–Trinajstić information content (AvgIpc) is 2.41. The average molecular weight is 257 g/mol. The largest absolute Gasteiger partial charge is 0.493 e. The molecule has 0 saturated carbocycles. The van der Waals surface area contributed by atoms with Crippen molar-refractivity contribution in [3.05, 3.63) is 53.3 Å². The quantitative estimate of drug-likeness (QED) is 0.626. The van der Waals surface area contributed by atoms with Gasteiger partial charge in [0, 0.05) is 11.9 Å². The molecule has 0 atom stereocenters. The molecule has 2 aromatic rings. The number of rotatable bonds is 3. The summed E-state index contributed by atoms with van der Waals surface area (Å²) >= 11 is 0. The summed E-state index contributed by atoms with van der Waals surface area (Å²) in [7, 11) is 1.54. The number of hydrogen-bond donors (Lipinski definition) is 0. The molecule has 19 heavy (non-hydrogen) atoms. The van der Waals surface area contributed by atoms with Crippen LogP contribution in [0, 0.1) is 13.8 Å². The number of hydrogen-bond acceptors (Lipinski definition) is 4. The highest BCUT2D eigenvalue weighted by Crippen LogP contribution is 2.30. The van der Waals surface area contributed by atoms with Gasteiger partial charge in [-0.1, -0.05) is 12.1 Å². The van der Waals surface area contributed by atoms with Crippen molar-refractivity contribution in [1.29, 1.82) is 0 Å². The molecule has 0 spiro atoms. The monoisotopic (exact) mass is 257 g/mol. The van der Waals surface area contributed by atoms with Crippen LogP contribution in [0.4, 0.5) is 0 Å². The van der Waals surface area contributed by atoms with Gasteiger partial charge in [0.2, 0.25) is 0 Å². The van der Waals surface area contributed by atoms with E-state index in [4.69, 9.17) is 9.47 Å². The van der Waals surface area contributed by atoms with Gasteiger partial charge in [0.1, 0.15) is 0 Å². The fourth-order valence-corrected chi connectivity index (χ4v) is 1.66. The third kappa shape index (κ3) is 2.91. The lowest BCUT2D eigenvalue weighted by Gasteiger charge is -2.11. The van der Waals surface area contributed by atoms with Gasteiger partial charge in [-0.2, -0.15) is 0 Å². The number of benzene rings is 1. The number of aromatic nitrogens is 1. The Kier molecular flexibility index (Phi) is 3.80. The van der Waals surface area contributed by atoms with Crippen molar-refractivity contribution in [2.24, 2.45) is 0 Å². The zero-order chi connectivity index (χ0) is 13.8. The normalized spacial score (nSPS) is 10.1. The first kappa shape index (κ1) is 13.1. The maximum Gasteiger partial charge on any atom is 0.345 e. The van der Waals surface area contributed by atoms with Gasteiger partial charge in [-0.15, -0.1) is 0 Å². The van der Waals surface area contributed by atoms with Gasteiger partial charge in [0.15, 0.2) is 11.5 Å². The Hall–Kier alpha value is -2.36. The van der Waals surface area contributed by atoms with Crippen molar-refractivity contribution in [2.75, 3.05) is 7.11 Å². The second kappa shape index (κ2) is 5.52. The first-order valence-electron chi connectivity index (χ1n) is 5.90. The zero-order valence-corrected chi connectivity index (χ0v) is 11.1. The van der Waals surface area contributed by atoms with E-state index in [1.807, 2.05) is 26.0 Å². The Morgan fingerprint density at radius 1 is 1.16 bits per heavy atom. The number of esters is 1. The van der Waals surface area contributed by atoms with Gasteiger partial charge in [0.25, 0.3) is 0 Å². The van der Waals surface area contributed by atoms with Crippen LogP contribution in [0.15, 0.2) is 36.5 Å². The summed E-state index contributed by atoms with van der Waals surface area (Å²) in [4.78, 5) is 16.1. The lowest BCUT2D eigenvalue weighted by Crippen LogP contribution is -2.10. The second-order valence-electron chi connectivity index (χ2n) is 4.18. The summed E-state index contributed by atoms with van der Waals surface area (Å²) in [6.45, 7) is 3.72. The van der Waals surface area contributed by atoms with Gasteiger partial charge >= 0.3 is 5.97 Å². The molecule has 0 N–H and O–H groups in total. The van der Waals surface area contributed by atoms with Gasteiger partial charge in [-0.05, 0) is 37.6 Å². The number of para-hydroxylation sites is 1. The molecule has 0 aliphatic rings. The predicted octanol–water partition coefficient (Wildman–Crippen LogP) is 2.93. The first-order chi connectivity index (χ1) is 9.11. The number of pyridine rings is 1. The molecule has 0 saturated heterocycles. The van der Waals surface area contributed by atoms with Crippen molar-refractivity contribution >= 4 is 5.97 Å². The zero-order valence-electron chi connectivity index (χ0n) is 11.1. The molecule has 4 heteroatoms. The Bertz CT molecular complexity index is 591. The van der Waals surface area contributed by atoms with Crippen LogP contribution in [-0.4, -0.2) is 18.1 Å². The van der Waals surface area contributed by atoms with Crippen LogP contribution < -0.4 is 9.47 Å². The van der Waals surface area contributed by atoms with Gasteiger partial charge < -0.3 is 9.47 Å². The van der Waals surface area contributed by atoms with Crippen LogP contribution in [0.1, 0.15) is 21.6 Å². The summed E-state index contributed by atoms with van der Waals surface area (Å²) in [6.07, 6.45) is 1.50. The van der Waals surface area contributed by atoms with Crippen LogP contribution in [0.3, 0.4) is 0 Å². The minimum absolute atomic E-state index is 0.413. The van der Waals surface area contributed by atoms with Crippen LogP contribution in [-0.2, 0) is 0 Å². The molecule has 0 aliphatic carbocycles. The summed E-state index contributed by atoms with van der Waals surface area (Å²) < 4.78 is 10.6. The van der Waals surface area contributed by atoms with Gasteiger partial charge in [-0.3, -0.25) is 4.98 Å². The molecule has 0 bridgehead atoms. The van der Waals surface area contributed by atoms with E-state index in [0.29, 0.717) is 17.1 Å². The van der Waals surface area contributed by atoms with E-state index in [-0.39, 0.29) is 0 Å². The van der Waals surface area contributed by atoms with Crippen molar-refractivity contribution in [2.45, 2.75) is 13.8 Å². The highest BCUT2D eigenvalue weighted by Gasteiger charge is 2.14. The molecule has 0 unspecified atom stereocenters. The predicted molar refractivity (Wildman–Crippen MR) is 71.7 cm³/mol. The summed E-state index contributed by atoms with van der Waals surface area (Å²) in [5, 5.41) is 0. The first-order valence-corrected chi connectivity index (χ1v) is 5.90. The van der Waals surface area contributed by atoms with E-state index in [1.54, 1.807) is 25.3 Å². The lowest BCUT2D eigenvalue weighted by atomic mass is 10.2.